The molecule has 5 heteroatoms. The van der Waals surface area contributed by atoms with Crippen LogP contribution in [0, 0.1) is 0 Å². The van der Waals surface area contributed by atoms with E-state index >= 15 is 0 Å². The first-order valence-corrected chi connectivity index (χ1v) is 8.08. The minimum absolute atomic E-state index is 0.220. The van der Waals surface area contributed by atoms with Gasteiger partial charge in [0.25, 0.3) is 0 Å². The summed E-state index contributed by atoms with van der Waals surface area (Å²) in [5.74, 6) is 0.801. The van der Waals surface area contributed by atoms with Gasteiger partial charge in [0.2, 0.25) is 0 Å². The molecule has 0 aliphatic carbocycles. The highest BCUT2D eigenvalue weighted by Gasteiger charge is 2.17. The lowest BCUT2D eigenvalue weighted by molar-refractivity contribution is 0.0268. The first-order valence-electron chi connectivity index (χ1n) is 8.08. The Morgan fingerprint density at radius 3 is 2.39 bits per heavy atom. The molecule has 0 bridgehead atoms. The van der Waals surface area contributed by atoms with Gasteiger partial charge in [-0.2, -0.15) is 0 Å². The second-order valence-corrected chi connectivity index (χ2v) is 6.58. The minimum atomic E-state index is -0.220. The smallest absolute Gasteiger partial charge is 0.191 e. The van der Waals surface area contributed by atoms with Gasteiger partial charge in [-0.3, -0.25) is 4.99 Å². The molecule has 0 saturated heterocycles. The number of hydrogen-bond donors (Lipinski definition) is 2. The third-order valence-electron chi connectivity index (χ3n) is 4.01. The van der Waals surface area contributed by atoms with Crippen molar-refractivity contribution in [2.75, 3.05) is 41.3 Å². The molecule has 0 heterocycles. The van der Waals surface area contributed by atoms with E-state index in [-0.39, 0.29) is 5.60 Å². The number of likely N-dealkylation sites (N-methyl/N-ethyl adjacent to an activating group) is 1. The van der Waals surface area contributed by atoms with E-state index in [4.69, 9.17) is 4.74 Å². The predicted octanol–water partition coefficient (Wildman–Crippen LogP) is 1.75. The summed E-state index contributed by atoms with van der Waals surface area (Å²) in [6, 6.07) is 11.0. The number of hydrogen-bond acceptors (Lipinski definition) is 3. The van der Waals surface area contributed by atoms with Gasteiger partial charge in [0, 0.05) is 33.3 Å². The Kier molecular flexibility index (Phi) is 8.06. The van der Waals surface area contributed by atoms with Crippen molar-refractivity contribution in [1.29, 1.82) is 0 Å². The lowest BCUT2D eigenvalue weighted by atomic mass is 10.1. The van der Waals surface area contributed by atoms with Crippen LogP contribution >= 0.6 is 0 Å². The van der Waals surface area contributed by atoms with Crippen LogP contribution in [0.15, 0.2) is 35.3 Å². The lowest BCUT2D eigenvalue weighted by Gasteiger charge is -2.27. The van der Waals surface area contributed by atoms with E-state index in [9.17, 15) is 0 Å². The Bertz CT molecular complexity index is 471. The molecule has 1 aromatic rings. The average Bonchev–Trinajstić information content (AvgIpc) is 2.54. The van der Waals surface area contributed by atoms with Crippen molar-refractivity contribution in [3.8, 4) is 0 Å². The molecule has 0 aromatic heterocycles. The van der Waals surface area contributed by atoms with Gasteiger partial charge in [-0.15, -0.1) is 0 Å². The number of ether oxygens (including phenoxy) is 1. The largest absolute Gasteiger partial charge is 0.377 e. The Hall–Kier alpha value is -1.59. The standard InChI is InChI=1S/C18H32N4O/c1-18(2,23-6)14-21-17(19-3)20-13-16(22(4)5)12-15-10-8-7-9-11-15/h7-11,16H,12-14H2,1-6H3,(H2,19,20,21). The van der Waals surface area contributed by atoms with Gasteiger partial charge in [0.05, 0.1) is 5.60 Å². The molecule has 0 radical (unpaired) electrons. The molecule has 0 spiro atoms. The fraction of sp³-hybridized carbons (Fsp3) is 0.611. The topological polar surface area (TPSA) is 48.9 Å². The molecule has 1 unspecified atom stereocenters. The maximum absolute atomic E-state index is 5.42. The van der Waals surface area contributed by atoms with Crippen LogP contribution in [-0.4, -0.2) is 63.8 Å². The Morgan fingerprint density at radius 1 is 1.22 bits per heavy atom. The summed E-state index contributed by atoms with van der Waals surface area (Å²) >= 11 is 0. The summed E-state index contributed by atoms with van der Waals surface area (Å²) in [6.45, 7) is 5.63. The van der Waals surface area contributed by atoms with E-state index in [0.717, 1.165) is 18.9 Å². The Balaban J connectivity index is 2.53. The van der Waals surface area contributed by atoms with Crippen LogP contribution in [0.25, 0.3) is 0 Å². The van der Waals surface area contributed by atoms with Crippen molar-refractivity contribution >= 4 is 5.96 Å². The molecule has 0 aliphatic heterocycles. The summed E-state index contributed by atoms with van der Waals surface area (Å²) in [7, 11) is 7.73. The molecule has 0 saturated carbocycles. The number of methoxy groups -OCH3 is 1. The molecule has 5 nitrogen and oxygen atoms in total. The van der Waals surface area contributed by atoms with E-state index in [1.807, 2.05) is 13.8 Å². The monoisotopic (exact) mass is 320 g/mol. The van der Waals surface area contributed by atoms with E-state index < -0.39 is 0 Å². The number of guanidine groups is 1. The molecule has 1 aromatic carbocycles. The average molecular weight is 320 g/mol. The van der Waals surface area contributed by atoms with Crippen molar-refractivity contribution in [2.24, 2.45) is 4.99 Å². The quantitative estimate of drug-likeness (QED) is 0.566. The predicted molar refractivity (Wildman–Crippen MR) is 98.1 cm³/mol. The SMILES string of the molecule is CN=C(NCC(Cc1ccccc1)N(C)C)NCC(C)(C)OC. The van der Waals surface area contributed by atoms with Crippen LogP contribution in [-0.2, 0) is 11.2 Å². The van der Waals surface area contributed by atoms with Crippen molar-refractivity contribution < 1.29 is 4.74 Å². The van der Waals surface area contributed by atoms with Crippen molar-refractivity contribution in [3.63, 3.8) is 0 Å². The second-order valence-electron chi connectivity index (χ2n) is 6.58. The normalized spacial score (nSPS) is 14.0. The maximum Gasteiger partial charge on any atom is 0.191 e. The number of rotatable bonds is 8. The van der Waals surface area contributed by atoms with Crippen molar-refractivity contribution in [2.45, 2.75) is 31.9 Å². The van der Waals surface area contributed by atoms with Crippen LogP contribution in [0.5, 0.6) is 0 Å². The third-order valence-corrected chi connectivity index (χ3v) is 4.01. The molecule has 0 aliphatic rings. The van der Waals surface area contributed by atoms with Gasteiger partial charge in [-0.25, -0.2) is 0 Å². The van der Waals surface area contributed by atoms with Gasteiger partial charge in [0.1, 0.15) is 0 Å². The highest BCUT2D eigenvalue weighted by Crippen LogP contribution is 2.06. The molecule has 2 N–H and O–H groups in total. The molecule has 1 atom stereocenters. The molecule has 1 rings (SSSR count). The van der Waals surface area contributed by atoms with Crippen LogP contribution < -0.4 is 10.6 Å². The van der Waals surface area contributed by atoms with Crippen LogP contribution in [0.1, 0.15) is 19.4 Å². The molecule has 130 valence electrons. The molecular formula is C18H32N4O. The van der Waals surface area contributed by atoms with Gasteiger partial charge in [0.15, 0.2) is 5.96 Å². The van der Waals surface area contributed by atoms with E-state index in [0.29, 0.717) is 12.6 Å². The molecule has 0 amide bonds. The Morgan fingerprint density at radius 2 is 1.87 bits per heavy atom. The highest BCUT2D eigenvalue weighted by atomic mass is 16.5. The molecule has 0 fully saturated rings. The fourth-order valence-electron chi connectivity index (χ4n) is 2.13. The van der Waals surface area contributed by atoms with Crippen molar-refractivity contribution in [1.82, 2.24) is 15.5 Å². The third kappa shape index (κ3) is 7.48. The second kappa shape index (κ2) is 9.53. The van der Waals surface area contributed by atoms with Crippen LogP contribution in [0.2, 0.25) is 0 Å². The van der Waals surface area contributed by atoms with Gasteiger partial charge in [-0.05, 0) is 39.9 Å². The first kappa shape index (κ1) is 19.5. The van der Waals surface area contributed by atoms with Gasteiger partial charge < -0.3 is 20.3 Å². The number of benzene rings is 1. The van der Waals surface area contributed by atoms with Crippen LogP contribution in [0.4, 0.5) is 0 Å². The first-order chi connectivity index (χ1) is 10.9. The van der Waals surface area contributed by atoms with E-state index in [2.05, 4.69) is 65.0 Å². The zero-order valence-electron chi connectivity index (χ0n) is 15.4. The highest BCUT2D eigenvalue weighted by molar-refractivity contribution is 5.79. The lowest BCUT2D eigenvalue weighted by Crippen LogP contribution is -2.49. The molecule has 23 heavy (non-hydrogen) atoms. The zero-order chi connectivity index (χ0) is 17.3. The van der Waals surface area contributed by atoms with Crippen molar-refractivity contribution in [3.05, 3.63) is 35.9 Å². The summed E-state index contributed by atoms with van der Waals surface area (Å²) < 4.78 is 5.42. The zero-order valence-corrected chi connectivity index (χ0v) is 15.4. The van der Waals surface area contributed by atoms with Crippen LogP contribution in [0.3, 0.4) is 0 Å². The fourth-order valence-corrected chi connectivity index (χ4v) is 2.13. The maximum atomic E-state index is 5.42. The minimum Gasteiger partial charge on any atom is -0.377 e. The summed E-state index contributed by atoms with van der Waals surface area (Å²) in [5.41, 5.74) is 1.12. The van der Waals surface area contributed by atoms with Gasteiger partial charge >= 0.3 is 0 Å². The van der Waals surface area contributed by atoms with Gasteiger partial charge in [-0.1, -0.05) is 30.3 Å². The number of nitrogens with one attached hydrogen (secondary N) is 2. The summed E-state index contributed by atoms with van der Waals surface area (Å²) in [6.07, 6.45) is 1.00. The number of aliphatic imine (C=N–C) groups is 1. The van der Waals surface area contributed by atoms with E-state index in [1.54, 1.807) is 14.2 Å². The molecular weight excluding hydrogens is 288 g/mol. The Labute approximate surface area is 141 Å². The summed E-state index contributed by atoms with van der Waals surface area (Å²) in [4.78, 5) is 6.53. The number of nitrogens with zero attached hydrogens (tertiary/aromatic N) is 2. The van der Waals surface area contributed by atoms with E-state index in [1.165, 1.54) is 5.56 Å². The summed E-state index contributed by atoms with van der Waals surface area (Å²) in [5, 5.41) is 6.72.